The number of rotatable bonds is 2. The van der Waals surface area contributed by atoms with Gasteiger partial charge in [0.1, 0.15) is 11.3 Å². The zero-order valence-corrected chi connectivity index (χ0v) is 11.8. The van der Waals surface area contributed by atoms with Gasteiger partial charge in [0.05, 0.1) is 5.56 Å². The van der Waals surface area contributed by atoms with Gasteiger partial charge in [0.2, 0.25) is 0 Å². The molecule has 0 aliphatic heterocycles. The Balaban J connectivity index is 1.64. The minimum Gasteiger partial charge on any atom is -0.441 e. The Labute approximate surface area is 125 Å². The molecule has 2 heterocycles. The topological polar surface area (TPSA) is 68.1 Å². The highest BCUT2D eigenvalue weighted by molar-refractivity contribution is 5.95. The number of aromatic nitrogens is 2. The molecule has 1 N–H and O–H groups in total. The molecule has 0 amide bonds. The van der Waals surface area contributed by atoms with Crippen molar-refractivity contribution in [3.63, 3.8) is 0 Å². The van der Waals surface area contributed by atoms with Crippen LogP contribution >= 0.6 is 0 Å². The lowest BCUT2D eigenvalue weighted by Gasteiger charge is -2.04. The molecule has 0 unspecified atom stereocenters. The molecular weight excluding hydrogens is 280 g/mol. The van der Waals surface area contributed by atoms with Gasteiger partial charge < -0.3 is 14.1 Å². The molecule has 108 valence electrons. The van der Waals surface area contributed by atoms with Gasteiger partial charge in [-0.1, -0.05) is 6.07 Å². The first kappa shape index (κ1) is 12.6. The number of aromatic amines is 1. The van der Waals surface area contributed by atoms with E-state index in [1.807, 2.05) is 18.3 Å². The Morgan fingerprint density at radius 1 is 1.18 bits per heavy atom. The van der Waals surface area contributed by atoms with Crippen LogP contribution in [0.3, 0.4) is 0 Å². The number of nitrogens with one attached hydrogen (secondary N) is 1. The molecule has 0 atom stereocenters. The van der Waals surface area contributed by atoms with E-state index in [0.717, 1.165) is 16.4 Å². The third-order valence-corrected chi connectivity index (χ3v) is 3.47. The number of esters is 1. The molecule has 4 rings (SSSR count). The fourth-order valence-electron chi connectivity index (χ4n) is 2.42. The molecular formula is C17H12N2O3. The predicted molar refractivity (Wildman–Crippen MR) is 82.0 cm³/mol. The van der Waals surface area contributed by atoms with Gasteiger partial charge in [0.25, 0.3) is 0 Å². The lowest BCUT2D eigenvalue weighted by Crippen LogP contribution is -2.08. The summed E-state index contributed by atoms with van der Waals surface area (Å²) in [5.41, 5.74) is 2.73. The van der Waals surface area contributed by atoms with Crippen molar-refractivity contribution in [2.45, 2.75) is 6.92 Å². The second kappa shape index (κ2) is 4.73. The highest BCUT2D eigenvalue weighted by Gasteiger charge is 2.11. The van der Waals surface area contributed by atoms with E-state index >= 15 is 0 Å². The molecule has 0 saturated carbocycles. The molecule has 0 saturated heterocycles. The third-order valence-electron chi connectivity index (χ3n) is 3.47. The van der Waals surface area contributed by atoms with E-state index in [-0.39, 0.29) is 0 Å². The van der Waals surface area contributed by atoms with Gasteiger partial charge in [-0.3, -0.25) is 0 Å². The summed E-state index contributed by atoms with van der Waals surface area (Å²) in [5, 5.41) is 1.05. The molecule has 4 aromatic rings. The van der Waals surface area contributed by atoms with Crippen molar-refractivity contribution in [3.8, 4) is 5.75 Å². The van der Waals surface area contributed by atoms with Crippen LogP contribution in [0, 0.1) is 6.92 Å². The van der Waals surface area contributed by atoms with Gasteiger partial charge in [0, 0.05) is 24.7 Å². The van der Waals surface area contributed by atoms with Gasteiger partial charge in [-0.05, 0) is 35.7 Å². The summed E-state index contributed by atoms with van der Waals surface area (Å²) in [4.78, 5) is 19.5. The van der Waals surface area contributed by atoms with Crippen molar-refractivity contribution in [2.75, 3.05) is 0 Å². The summed E-state index contributed by atoms with van der Waals surface area (Å²) in [6.07, 6.45) is 1.83. The minimum absolute atomic E-state index is 0.410. The van der Waals surface area contributed by atoms with Crippen molar-refractivity contribution in [1.82, 2.24) is 9.97 Å². The Bertz CT molecular complexity index is 997. The number of benzene rings is 2. The number of fused-ring (bicyclic) bond motifs is 2. The van der Waals surface area contributed by atoms with Gasteiger partial charge in [-0.25, -0.2) is 9.78 Å². The number of ether oxygens (including phenoxy) is 1. The van der Waals surface area contributed by atoms with Crippen LogP contribution in [-0.2, 0) is 0 Å². The van der Waals surface area contributed by atoms with Crippen molar-refractivity contribution in [2.24, 2.45) is 0 Å². The lowest BCUT2D eigenvalue weighted by atomic mass is 10.2. The fraction of sp³-hybridized carbons (Fsp3) is 0.0588. The summed E-state index contributed by atoms with van der Waals surface area (Å²) < 4.78 is 10.8. The van der Waals surface area contributed by atoms with E-state index < -0.39 is 5.97 Å². The summed E-state index contributed by atoms with van der Waals surface area (Å²) in [7, 11) is 0. The minimum atomic E-state index is -0.410. The zero-order valence-electron chi connectivity index (χ0n) is 11.8. The molecule has 0 aliphatic carbocycles. The van der Waals surface area contributed by atoms with Gasteiger partial charge >= 0.3 is 5.97 Å². The van der Waals surface area contributed by atoms with Crippen molar-refractivity contribution in [1.29, 1.82) is 0 Å². The normalized spacial score (nSPS) is 11.1. The van der Waals surface area contributed by atoms with Gasteiger partial charge in [-0.15, -0.1) is 0 Å². The van der Waals surface area contributed by atoms with E-state index in [4.69, 9.17) is 9.15 Å². The largest absolute Gasteiger partial charge is 0.441 e. The fourth-order valence-corrected chi connectivity index (χ4v) is 2.42. The molecule has 2 aromatic carbocycles. The molecule has 0 bridgehead atoms. The molecule has 22 heavy (non-hydrogen) atoms. The van der Waals surface area contributed by atoms with Crippen LogP contribution in [0.1, 0.15) is 16.2 Å². The Morgan fingerprint density at radius 2 is 2.09 bits per heavy atom. The van der Waals surface area contributed by atoms with Crippen LogP contribution in [-0.4, -0.2) is 15.9 Å². The maximum absolute atomic E-state index is 12.2. The molecule has 5 heteroatoms. The van der Waals surface area contributed by atoms with E-state index in [9.17, 15) is 4.79 Å². The maximum atomic E-state index is 12.2. The first-order valence-electron chi connectivity index (χ1n) is 6.85. The summed E-state index contributed by atoms with van der Waals surface area (Å²) in [6.45, 7) is 1.78. The summed E-state index contributed by atoms with van der Waals surface area (Å²) in [5.74, 6) is 0.600. The average molecular weight is 292 g/mol. The standard InChI is InChI=1S/C17H12N2O3/c1-10-19-14-5-4-13(9-16(14)21-10)22-17(20)12-3-2-11-6-7-18-15(11)8-12/h2-9,18H,1H3. The first-order chi connectivity index (χ1) is 10.7. The second-order valence-electron chi connectivity index (χ2n) is 5.03. The first-order valence-corrected chi connectivity index (χ1v) is 6.85. The van der Waals surface area contributed by atoms with Gasteiger partial charge in [-0.2, -0.15) is 0 Å². The molecule has 0 fully saturated rings. The molecule has 0 aliphatic rings. The quantitative estimate of drug-likeness (QED) is 0.450. The van der Waals surface area contributed by atoms with E-state index in [0.29, 0.717) is 22.8 Å². The summed E-state index contributed by atoms with van der Waals surface area (Å²) >= 11 is 0. The second-order valence-corrected chi connectivity index (χ2v) is 5.03. The molecule has 2 aromatic heterocycles. The molecule has 5 nitrogen and oxygen atoms in total. The number of hydrogen-bond donors (Lipinski definition) is 1. The smallest absolute Gasteiger partial charge is 0.343 e. The van der Waals surface area contributed by atoms with E-state index in [1.165, 1.54) is 0 Å². The predicted octanol–water partition coefficient (Wildman–Crippen LogP) is 3.84. The van der Waals surface area contributed by atoms with Crippen molar-refractivity contribution in [3.05, 3.63) is 60.1 Å². The lowest BCUT2D eigenvalue weighted by molar-refractivity contribution is 0.0735. The number of H-pyrrole nitrogens is 1. The number of nitrogens with zero attached hydrogens (tertiary/aromatic N) is 1. The average Bonchev–Trinajstić information content (AvgIpc) is 3.10. The van der Waals surface area contributed by atoms with E-state index in [2.05, 4.69) is 9.97 Å². The van der Waals surface area contributed by atoms with Crippen LogP contribution in [0.25, 0.3) is 22.0 Å². The van der Waals surface area contributed by atoms with Crippen LogP contribution in [0.15, 0.2) is 53.1 Å². The highest BCUT2D eigenvalue weighted by atomic mass is 16.5. The molecule has 0 radical (unpaired) electrons. The van der Waals surface area contributed by atoms with Crippen LogP contribution in [0.2, 0.25) is 0 Å². The number of hydrogen-bond acceptors (Lipinski definition) is 4. The van der Waals surface area contributed by atoms with Crippen LogP contribution in [0.4, 0.5) is 0 Å². The monoisotopic (exact) mass is 292 g/mol. The summed E-state index contributed by atoms with van der Waals surface area (Å²) in [6, 6.07) is 12.5. The Hall–Kier alpha value is -3.08. The van der Waals surface area contributed by atoms with Crippen LogP contribution in [0.5, 0.6) is 5.75 Å². The molecule has 0 spiro atoms. The Morgan fingerprint density at radius 3 is 3.00 bits per heavy atom. The number of carbonyl (C=O) groups is 1. The SMILES string of the molecule is Cc1nc2ccc(OC(=O)c3ccc4cc[nH]c4c3)cc2o1. The van der Waals surface area contributed by atoms with Gasteiger partial charge in [0.15, 0.2) is 11.5 Å². The van der Waals surface area contributed by atoms with Crippen molar-refractivity contribution >= 4 is 28.0 Å². The van der Waals surface area contributed by atoms with Crippen molar-refractivity contribution < 1.29 is 13.9 Å². The zero-order chi connectivity index (χ0) is 15.1. The van der Waals surface area contributed by atoms with E-state index in [1.54, 1.807) is 37.3 Å². The highest BCUT2D eigenvalue weighted by Crippen LogP contribution is 2.23. The number of aryl methyl sites for hydroxylation is 1. The number of carbonyl (C=O) groups excluding carboxylic acids is 1. The Kier molecular flexibility index (Phi) is 2.72. The van der Waals surface area contributed by atoms with Crippen LogP contribution < -0.4 is 4.74 Å². The number of oxazole rings is 1. The third kappa shape index (κ3) is 2.13. The maximum Gasteiger partial charge on any atom is 0.343 e.